The van der Waals surface area contributed by atoms with Gasteiger partial charge in [0.25, 0.3) is 0 Å². The summed E-state index contributed by atoms with van der Waals surface area (Å²) in [7, 11) is 0. The Hall–Kier alpha value is -1.45. The molecule has 3 atom stereocenters. The van der Waals surface area contributed by atoms with Crippen LogP contribution in [0, 0.1) is 5.92 Å². The molecular weight excluding hydrogens is 364 g/mol. The maximum Gasteiger partial charge on any atom is 0.150 e. The molecule has 0 aliphatic heterocycles. The van der Waals surface area contributed by atoms with E-state index in [1.807, 2.05) is 31.2 Å². The molecule has 1 unspecified atom stereocenters. The van der Waals surface area contributed by atoms with E-state index in [0.29, 0.717) is 25.7 Å². The fourth-order valence-corrected chi connectivity index (χ4v) is 5.00. The van der Waals surface area contributed by atoms with Crippen LogP contribution < -0.4 is 0 Å². The van der Waals surface area contributed by atoms with Crippen LogP contribution >= 0.6 is 15.9 Å². The maximum absolute atomic E-state index is 13.4. The van der Waals surface area contributed by atoms with Gasteiger partial charge < -0.3 is 5.11 Å². The van der Waals surface area contributed by atoms with Crippen LogP contribution in [-0.4, -0.2) is 16.5 Å². The van der Waals surface area contributed by atoms with Crippen molar-refractivity contribution in [3.63, 3.8) is 0 Å². The Morgan fingerprint density at radius 1 is 1.17 bits per heavy atom. The van der Waals surface area contributed by atoms with E-state index in [9.17, 15) is 9.90 Å². The zero-order chi connectivity index (χ0) is 16.9. The van der Waals surface area contributed by atoms with Crippen molar-refractivity contribution in [2.75, 3.05) is 0 Å². The first kappa shape index (κ1) is 16.0. The lowest BCUT2D eigenvalue weighted by Crippen LogP contribution is -2.58. The van der Waals surface area contributed by atoms with Gasteiger partial charge in [0.1, 0.15) is 5.78 Å². The van der Waals surface area contributed by atoms with Crippen molar-refractivity contribution in [1.29, 1.82) is 0 Å². The van der Waals surface area contributed by atoms with Gasteiger partial charge in [0, 0.05) is 4.47 Å². The lowest BCUT2D eigenvalue weighted by molar-refractivity contribution is -0.146. The summed E-state index contributed by atoms with van der Waals surface area (Å²) in [6, 6.07) is 16.5. The van der Waals surface area contributed by atoms with Gasteiger partial charge in [-0.15, -0.1) is 0 Å². The Bertz CT molecular complexity index is 797. The van der Waals surface area contributed by atoms with Gasteiger partial charge in [0.15, 0.2) is 0 Å². The average Bonchev–Trinajstić information content (AvgIpc) is 2.55. The highest BCUT2D eigenvalue weighted by molar-refractivity contribution is 9.10. The van der Waals surface area contributed by atoms with Gasteiger partial charge in [-0.1, -0.05) is 52.3 Å². The topological polar surface area (TPSA) is 37.3 Å². The molecule has 0 saturated heterocycles. The Morgan fingerprint density at radius 2 is 1.92 bits per heavy atom. The van der Waals surface area contributed by atoms with Crippen LogP contribution in [0.2, 0.25) is 0 Å². The summed E-state index contributed by atoms with van der Waals surface area (Å²) in [4.78, 5) is 13.4. The van der Waals surface area contributed by atoms with Crippen LogP contribution in [0.1, 0.15) is 36.5 Å². The van der Waals surface area contributed by atoms with E-state index < -0.39 is 11.0 Å². The van der Waals surface area contributed by atoms with E-state index in [0.717, 1.165) is 10.0 Å². The highest BCUT2D eigenvalue weighted by atomic mass is 79.9. The van der Waals surface area contributed by atoms with Crippen LogP contribution in [0.15, 0.2) is 53.0 Å². The molecule has 0 heterocycles. The first-order valence-electron chi connectivity index (χ1n) is 8.52. The van der Waals surface area contributed by atoms with Crippen molar-refractivity contribution < 1.29 is 9.90 Å². The minimum absolute atomic E-state index is 0.220. The molecule has 2 aliphatic rings. The van der Waals surface area contributed by atoms with Crippen molar-refractivity contribution in [3.8, 4) is 0 Å². The molecule has 0 radical (unpaired) electrons. The molecule has 2 nitrogen and oxygen atoms in total. The predicted molar refractivity (Wildman–Crippen MR) is 98.0 cm³/mol. The second-order valence-electron chi connectivity index (χ2n) is 7.52. The van der Waals surface area contributed by atoms with E-state index in [1.165, 1.54) is 11.1 Å². The number of fused-ring (bicyclic) bond motifs is 4. The molecular formula is C21H21BrO2. The van der Waals surface area contributed by atoms with Gasteiger partial charge in [-0.3, -0.25) is 4.79 Å². The van der Waals surface area contributed by atoms with E-state index in [1.54, 1.807) is 0 Å². The number of carbonyl (C=O) groups is 1. The van der Waals surface area contributed by atoms with Crippen molar-refractivity contribution in [2.24, 2.45) is 5.92 Å². The Labute approximate surface area is 151 Å². The Balaban J connectivity index is 1.88. The number of ketones is 1. The minimum atomic E-state index is -0.905. The fourth-order valence-electron chi connectivity index (χ4n) is 4.59. The molecule has 1 saturated carbocycles. The third-order valence-electron chi connectivity index (χ3n) is 5.95. The Morgan fingerprint density at radius 3 is 2.67 bits per heavy atom. The number of rotatable bonds is 2. The average molecular weight is 385 g/mol. The fraction of sp³-hybridized carbons (Fsp3) is 0.381. The van der Waals surface area contributed by atoms with Gasteiger partial charge in [-0.05, 0) is 61.4 Å². The molecule has 1 N–H and O–H groups in total. The van der Waals surface area contributed by atoms with Crippen molar-refractivity contribution >= 4 is 21.7 Å². The predicted octanol–water partition coefficient (Wildman–Crippen LogP) is 4.22. The summed E-state index contributed by atoms with van der Waals surface area (Å²) in [5, 5.41) is 10.8. The molecule has 2 aromatic carbocycles. The quantitative estimate of drug-likeness (QED) is 0.841. The summed E-state index contributed by atoms with van der Waals surface area (Å²) < 4.78 is 1.03. The number of carbonyl (C=O) groups excluding carboxylic acids is 1. The number of hydrogen-bond donors (Lipinski definition) is 1. The minimum Gasteiger partial charge on any atom is -0.389 e. The molecule has 0 spiro atoms. The standard InChI is InChI=1S/C21H21BrO2/c1-20(24)9-10-21(13-14-5-3-2-4-6-14)17-8-7-16(22)11-15(17)12-18(20)19(21)23/h2-8,11,18,24H,9-10,12-13H2,1H3/t18-,20-,21?/m1/s1. The molecule has 3 heteroatoms. The van der Waals surface area contributed by atoms with Crippen LogP contribution in [0.5, 0.6) is 0 Å². The molecule has 2 aromatic rings. The van der Waals surface area contributed by atoms with Crippen molar-refractivity contribution in [1.82, 2.24) is 0 Å². The molecule has 2 aliphatic carbocycles. The van der Waals surface area contributed by atoms with Crippen molar-refractivity contribution in [2.45, 2.75) is 43.6 Å². The van der Waals surface area contributed by atoms with Crippen LogP contribution in [0.25, 0.3) is 0 Å². The van der Waals surface area contributed by atoms with E-state index >= 15 is 0 Å². The van der Waals surface area contributed by atoms with E-state index in [2.05, 4.69) is 40.2 Å². The van der Waals surface area contributed by atoms with Crippen LogP contribution in [0.3, 0.4) is 0 Å². The smallest absolute Gasteiger partial charge is 0.150 e. The largest absolute Gasteiger partial charge is 0.389 e. The van der Waals surface area contributed by atoms with Gasteiger partial charge >= 0.3 is 0 Å². The zero-order valence-corrected chi connectivity index (χ0v) is 15.3. The molecule has 1 fully saturated rings. The number of benzene rings is 2. The van der Waals surface area contributed by atoms with Gasteiger partial charge in [0.05, 0.1) is 16.9 Å². The molecule has 24 heavy (non-hydrogen) atoms. The van der Waals surface area contributed by atoms with Gasteiger partial charge in [-0.25, -0.2) is 0 Å². The van der Waals surface area contributed by atoms with Crippen LogP contribution in [0.4, 0.5) is 0 Å². The zero-order valence-electron chi connectivity index (χ0n) is 13.8. The first-order chi connectivity index (χ1) is 11.4. The normalized spacial score (nSPS) is 31.6. The molecule has 0 aromatic heterocycles. The molecule has 2 bridgehead atoms. The van der Waals surface area contributed by atoms with Crippen molar-refractivity contribution in [3.05, 3.63) is 69.7 Å². The lowest BCUT2D eigenvalue weighted by Gasteiger charge is -2.51. The first-order valence-corrected chi connectivity index (χ1v) is 9.31. The summed E-state index contributed by atoms with van der Waals surface area (Å²) in [5.41, 5.74) is 2.14. The second kappa shape index (κ2) is 5.53. The van der Waals surface area contributed by atoms with Crippen LogP contribution in [-0.2, 0) is 23.1 Å². The van der Waals surface area contributed by atoms with Gasteiger partial charge in [0.2, 0.25) is 0 Å². The molecule has 0 amide bonds. The maximum atomic E-state index is 13.4. The third kappa shape index (κ3) is 2.37. The summed E-state index contributed by atoms with van der Waals surface area (Å²) >= 11 is 3.55. The number of hydrogen-bond acceptors (Lipinski definition) is 2. The highest BCUT2D eigenvalue weighted by Crippen LogP contribution is 2.51. The number of halogens is 1. The number of aliphatic hydroxyl groups is 1. The SMILES string of the molecule is C[C@@]1(O)CCC2(Cc3ccccc3)C(=O)[C@H]1Cc1cc(Br)ccc12. The molecule has 4 rings (SSSR count). The third-order valence-corrected chi connectivity index (χ3v) is 6.45. The van der Waals surface area contributed by atoms with E-state index in [4.69, 9.17) is 0 Å². The summed E-state index contributed by atoms with van der Waals surface area (Å²) in [6.07, 6.45) is 2.73. The molecule has 124 valence electrons. The lowest BCUT2D eigenvalue weighted by atomic mass is 9.53. The van der Waals surface area contributed by atoms with Gasteiger partial charge in [-0.2, -0.15) is 0 Å². The van der Waals surface area contributed by atoms with E-state index in [-0.39, 0.29) is 11.7 Å². The monoisotopic (exact) mass is 384 g/mol. The highest BCUT2D eigenvalue weighted by Gasteiger charge is 2.56. The summed E-state index contributed by atoms with van der Waals surface area (Å²) in [6.45, 7) is 1.82. The Kier molecular flexibility index (Phi) is 3.70. The second-order valence-corrected chi connectivity index (χ2v) is 8.44. The summed E-state index contributed by atoms with van der Waals surface area (Å²) in [5.74, 6) is -0.0887. The number of Topliss-reactive ketones (excluding diaryl/α,β-unsaturated/α-hetero) is 1.